The zero-order valence-corrected chi connectivity index (χ0v) is 19.0. The van der Waals surface area contributed by atoms with Crippen LogP contribution in [-0.4, -0.2) is 59.0 Å². The van der Waals surface area contributed by atoms with Crippen LogP contribution in [0.1, 0.15) is 58.3 Å². The molecule has 0 radical (unpaired) electrons. The second-order valence-corrected chi connectivity index (χ2v) is 9.01. The highest BCUT2D eigenvalue weighted by atomic mass is 16.5. The number of carbonyl (C=O) groups is 2. The first-order valence-electron chi connectivity index (χ1n) is 11.4. The first kappa shape index (κ1) is 21.2. The highest BCUT2D eigenvalue weighted by Gasteiger charge is 2.33. The summed E-state index contributed by atoms with van der Waals surface area (Å²) >= 11 is 0. The molecule has 3 heterocycles. The summed E-state index contributed by atoms with van der Waals surface area (Å²) in [6.07, 6.45) is 3.79. The molecule has 2 aliphatic rings. The fourth-order valence-electron chi connectivity index (χ4n) is 4.99. The maximum Gasteiger partial charge on any atom is 0.256 e. The number of nitrogens with one attached hydrogen (secondary N) is 1. The number of amides is 2. The Morgan fingerprint density at radius 2 is 1.76 bits per heavy atom. The summed E-state index contributed by atoms with van der Waals surface area (Å²) in [5, 5.41) is 7.15. The monoisotopic (exact) mass is 444 g/mol. The average molecular weight is 445 g/mol. The van der Waals surface area contributed by atoms with E-state index in [4.69, 9.17) is 4.74 Å². The van der Waals surface area contributed by atoms with Gasteiger partial charge in [-0.2, -0.15) is 5.10 Å². The Labute approximate surface area is 193 Å². The molecule has 2 aliphatic heterocycles. The molecule has 1 atom stereocenters. The lowest BCUT2D eigenvalue weighted by molar-refractivity contribution is -0.132. The Bertz CT molecular complexity index is 1140. The minimum atomic E-state index is -0.0716. The lowest BCUT2D eigenvalue weighted by atomic mass is 9.84. The van der Waals surface area contributed by atoms with Crippen LogP contribution in [0.25, 0.3) is 0 Å². The zero-order valence-electron chi connectivity index (χ0n) is 19.0. The number of carbonyl (C=O) groups excluding carboxylic acids is 2. The largest absolute Gasteiger partial charge is 0.457 e. The lowest BCUT2D eigenvalue weighted by Gasteiger charge is -2.35. The molecule has 7 heteroatoms. The smallest absolute Gasteiger partial charge is 0.256 e. The van der Waals surface area contributed by atoms with Gasteiger partial charge in [-0.25, -0.2) is 0 Å². The Hall–Kier alpha value is -3.61. The van der Waals surface area contributed by atoms with E-state index < -0.39 is 0 Å². The highest BCUT2D eigenvalue weighted by Crippen LogP contribution is 2.45. The zero-order chi connectivity index (χ0) is 22.9. The van der Waals surface area contributed by atoms with Crippen LogP contribution in [-0.2, 0) is 4.79 Å². The van der Waals surface area contributed by atoms with Crippen molar-refractivity contribution >= 4 is 11.8 Å². The summed E-state index contributed by atoms with van der Waals surface area (Å²) in [5.74, 6) is 1.70. The fraction of sp³-hybridized carbons (Fsp3) is 0.346. The third kappa shape index (κ3) is 3.99. The minimum Gasteiger partial charge on any atom is -0.457 e. The number of hydrogen-bond donors (Lipinski definition) is 1. The molecule has 170 valence electrons. The molecule has 1 fully saturated rings. The molecule has 0 aliphatic carbocycles. The van der Waals surface area contributed by atoms with Gasteiger partial charge in [-0.3, -0.25) is 14.7 Å². The SMILES string of the molecule is CN(C)C(=O)c1cn[nH]c1[C@H]1CCCN(C(=O)CC2c3ccccc3Oc3ccccc32)C1. The molecule has 1 saturated heterocycles. The van der Waals surface area contributed by atoms with E-state index in [0.29, 0.717) is 18.5 Å². The van der Waals surface area contributed by atoms with E-state index in [1.165, 1.54) is 0 Å². The number of ether oxygens (including phenoxy) is 1. The quantitative estimate of drug-likeness (QED) is 0.656. The van der Waals surface area contributed by atoms with E-state index in [0.717, 1.165) is 47.7 Å². The number of aromatic nitrogens is 2. The standard InChI is InChI=1S/C26H28N4O3/c1-29(2)26(32)21-15-27-28-25(21)17-8-7-13-30(16-17)24(31)14-20-18-9-3-5-11-22(18)33-23-12-6-4-10-19(20)23/h3-6,9-12,15,17,20H,7-8,13-14,16H2,1-2H3,(H,27,28)/t17-/m0/s1. The minimum absolute atomic E-state index is 0.0444. The van der Waals surface area contributed by atoms with Crippen LogP contribution in [0.15, 0.2) is 54.7 Å². The second-order valence-electron chi connectivity index (χ2n) is 9.01. The normalized spacial score (nSPS) is 17.6. The Kier molecular flexibility index (Phi) is 5.62. The summed E-state index contributed by atoms with van der Waals surface area (Å²) in [6.45, 7) is 1.31. The molecule has 2 amide bonds. The first-order chi connectivity index (χ1) is 16.0. The Morgan fingerprint density at radius 1 is 1.09 bits per heavy atom. The van der Waals surface area contributed by atoms with E-state index in [9.17, 15) is 9.59 Å². The molecule has 0 unspecified atom stereocenters. The third-order valence-corrected chi connectivity index (χ3v) is 6.68. The predicted octanol–water partition coefficient (Wildman–Crippen LogP) is 4.15. The lowest BCUT2D eigenvalue weighted by Crippen LogP contribution is -2.40. The van der Waals surface area contributed by atoms with Gasteiger partial charge < -0.3 is 14.5 Å². The number of likely N-dealkylation sites (tertiary alicyclic amines) is 1. The molecule has 1 N–H and O–H groups in total. The van der Waals surface area contributed by atoms with Gasteiger partial charge in [0.25, 0.3) is 5.91 Å². The number of nitrogens with zero attached hydrogens (tertiary/aromatic N) is 3. The van der Waals surface area contributed by atoms with Crippen LogP contribution in [0, 0.1) is 0 Å². The molecule has 7 nitrogen and oxygen atoms in total. The molecule has 0 saturated carbocycles. The maximum absolute atomic E-state index is 13.5. The van der Waals surface area contributed by atoms with Gasteiger partial charge in [0.15, 0.2) is 0 Å². The van der Waals surface area contributed by atoms with Crippen LogP contribution < -0.4 is 4.74 Å². The van der Waals surface area contributed by atoms with Crippen molar-refractivity contribution in [2.75, 3.05) is 27.2 Å². The summed E-state index contributed by atoms with van der Waals surface area (Å²) in [4.78, 5) is 29.6. The van der Waals surface area contributed by atoms with Crippen molar-refractivity contribution in [3.63, 3.8) is 0 Å². The molecule has 5 rings (SSSR count). The van der Waals surface area contributed by atoms with Crippen molar-refractivity contribution < 1.29 is 14.3 Å². The molecule has 0 bridgehead atoms. The number of rotatable bonds is 4. The number of aromatic amines is 1. The van der Waals surface area contributed by atoms with Crippen LogP contribution >= 0.6 is 0 Å². The summed E-state index contributed by atoms with van der Waals surface area (Å²) in [7, 11) is 3.47. The van der Waals surface area contributed by atoms with Crippen LogP contribution in [0.3, 0.4) is 0 Å². The van der Waals surface area contributed by atoms with E-state index in [1.54, 1.807) is 25.2 Å². The Balaban J connectivity index is 1.37. The van der Waals surface area contributed by atoms with Crippen molar-refractivity contribution in [2.45, 2.75) is 31.1 Å². The number of H-pyrrole nitrogens is 1. The van der Waals surface area contributed by atoms with E-state index >= 15 is 0 Å². The van der Waals surface area contributed by atoms with Gasteiger partial charge in [-0.05, 0) is 25.0 Å². The second kappa shape index (κ2) is 8.73. The van der Waals surface area contributed by atoms with E-state index in [-0.39, 0.29) is 23.7 Å². The Morgan fingerprint density at radius 3 is 2.42 bits per heavy atom. The topological polar surface area (TPSA) is 78.5 Å². The van der Waals surface area contributed by atoms with Crippen molar-refractivity contribution in [2.24, 2.45) is 0 Å². The van der Waals surface area contributed by atoms with Crippen molar-refractivity contribution in [3.05, 3.63) is 77.1 Å². The predicted molar refractivity (Wildman–Crippen MR) is 125 cm³/mol. The fourth-order valence-corrected chi connectivity index (χ4v) is 4.99. The van der Waals surface area contributed by atoms with Gasteiger partial charge >= 0.3 is 0 Å². The summed E-state index contributed by atoms with van der Waals surface area (Å²) < 4.78 is 6.08. The number of fused-ring (bicyclic) bond motifs is 2. The summed E-state index contributed by atoms with van der Waals surface area (Å²) in [6, 6.07) is 15.9. The van der Waals surface area contributed by atoms with Gasteiger partial charge in [-0.15, -0.1) is 0 Å². The van der Waals surface area contributed by atoms with Gasteiger partial charge in [0.2, 0.25) is 5.91 Å². The molecule has 2 aromatic carbocycles. The summed E-state index contributed by atoms with van der Waals surface area (Å²) in [5.41, 5.74) is 3.51. The van der Waals surface area contributed by atoms with E-state index in [2.05, 4.69) is 10.2 Å². The molecule has 33 heavy (non-hydrogen) atoms. The molecule has 0 spiro atoms. The molecular weight excluding hydrogens is 416 g/mol. The van der Waals surface area contributed by atoms with E-state index in [1.807, 2.05) is 53.4 Å². The van der Waals surface area contributed by atoms with Crippen LogP contribution in [0.5, 0.6) is 11.5 Å². The van der Waals surface area contributed by atoms with Crippen molar-refractivity contribution in [3.8, 4) is 11.5 Å². The number of hydrogen-bond acceptors (Lipinski definition) is 4. The van der Waals surface area contributed by atoms with Gasteiger partial charge in [0.05, 0.1) is 17.5 Å². The number of benzene rings is 2. The molecule has 1 aromatic heterocycles. The maximum atomic E-state index is 13.5. The van der Waals surface area contributed by atoms with Crippen molar-refractivity contribution in [1.82, 2.24) is 20.0 Å². The number of para-hydroxylation sites is 2. The van der Waals surface area contributed by atoms with Gasteiger partial charge in [0, 0.05) is 56.6 Å². The molecular formula is C26H28N4O3. The van der Waals surface area contributed by atoms with Crippen LogP contribution in [0.2, 0.25) is 0 Å². The highest BCUT2D eigenvalue weighted by molar-refractivity contribution is 5.95. The van der Waals surface area contributed by atoms with Crippen LogP contribution in [0.4, 0.5) is 0 Å². The van der Waals surface area contributed by atoms with Crippen molar-refractivity contribution in [1.29, 1.82) is 0 Å². The van der Waals surface area contributed by atoms with Gasteiger partial charge in [-0.1, -0.05) is 36.4 Å². The first-order valence-corrected chi connectivity index (χ1v) is 11.4. The number of piperidine rings is 1. The average Bonchev–Trinajstić information content (AvgIpc) is 3.33. The molecule has 3 aromatic rings. The third-order valence-electron chi connectivity index (χ3n) is 6.68. The van der Waals surface area contributed by atoms with Gasteiger partial charge in [0.1, 0.15) is 11.5 Å².